The number of nitrogens with one attached hydrogen (secondary N) is 2. The second-order valence-electron chi connectivity index (χ2n) is 6.85. The van der Waals surface area contributed by atoms with Crippen LogP contribution >= 0.6 is 0 Å². The molecule has 0 bridgehead atoms. The van der Waals surface area contributed by atoms with E-state index in [1.165, 1.54) is 20.3 Å². The highest BCUT2D eigenvalue weighted by molar-refractivity contribution is 5.98. The van der Waals surface area contributed by atoms with Crippen molar-refractivity contribution in [2.75, 3.05) is 14.2 Å². The Kier molecular flexibility index (Phi) is 6.31. The fraction of sp³-hybridized carbons (Fsp3) is 0.0833. The van der Waals surface area contributed by atoms with Gasteiger partial charge in [-0.2, -0.15) is 0 Å². The van der Waals surface area contributed by atoms with E-state index >= 15 is 0 Å². The number of aromatic nitrogens is 3. The van der Waals surface area contributed by atoms with Crippen molar-refractivity contribution in [3.05, 3.63) is 90.3 Å². The Bertz CT molecular complexity index is 1220. The number of hydrogen-bond acceptors (Lipinski definition) is 6. The zero-order valence-electron chi connectivity index (χ0n) is 18.0. The first-order valence-electron chi connectivity index (χ1n) is 10.0. The third-order valence-electron chi connectivity index (χ3n) is 4.78. The summed E-state index contributed by atoms with van der Waals surface area (Å²) in [4.78, 5) is 29.6. The average Bonchev–Trinajstić information content (AvgIpc) is 3.33. The zero-order chi connectivity index (χ0) is 23.2. The molecule has 0 atom stereocenters. The first-order valence-corrected chi connectivity index (χ1v) is 10.0. The monoisotopic (exact) mass is 443 g/mol. The summed E-state index contributed by atoms with van der Waals surface area (Å²) in [6, 6.07) is 23.4. The van der Waals surface area contributed by atoms with Gasteiger partial charge in [0, 0.05) is 11.1 Å². The minimum absolute atomic E-state index is 0.0923. The highest BCUT2D eigenvalue weighted by Gasteiger charge is 2.19. The van der Waals surface area contributed by atoms with Gasteiger partial charge in [0.25, 0.3) is 5.91 Å². The summed E-state index contributed by atoms with van der Waals surface area (Å²) < 4.78 is 12.0. The van der Waals surface area contributed by atoms with Gasteiger partial charge in [-0.05, 0) is 30.3 Å². The minimum Gasteiger partial charge on any atom is -0.493 e. The number of carbonyl (C=O) groups excluding carboxylic acids is 2. The largest absolute Gasteiger partial charge is 0.493 e. The molecule has 0 spiro atoms. The molecule has 166 valence electrons. The number of rotatable bonds is 6. The second kappa shape index (κ2) is 9.65. The molecule has 0 saturated heterocycles. The van der Waals surface area contributed by atoms with Crippen molar-refractivity contribution in [3.63, 3.8) is 0 Å². The number of hydrogen-bond donors (Lipinski definition) is 2. The molecule has 3 aromatic carbocycles. The van der Waals surface area contributed by atoms with E-state index in [9.17, 15) is 9.59 Å². The second-order valence-corrected chi connectivity index (χ2v) is 6.85. The maximum atomic E-state index is 12.7. The zero-order valence-corrected chi connectivity index (χ0v) is 18.0. The molecule has 9 nitrogen and oxygen atoms in total. The standard InChI is InChI=1S/C24H21N5O4/c1-32-19-14-13-17(15-20(19)33-2)23(30)26-27-24(31)21-25-22(16-9-5-3-6-10-16)29(28-21)18-11-7-4-8-12-18/h3-15H,1-2H3,(H,26,30)(H,27,31). The molecule has 0 aliphatic rings. The van der Waals surface area contributed by atoms with Crippen LogP contribution in [0.4, 0.5) is 0 Å². The molecule has 33 heavy (non-hydrogen) atoms. The number of para-hydroxylation sites is 1. The lowest BCUT2D eigenvalue weighted by molar-refractivity contribution is 0.0841. The van der Waals surface area contributed by atoms with Crippen LogP contribution in [-0.2, 0) is 0 Å². The van der Waals surface area contributed by atoms with Gasteiger partial charge in [-0.1, -0.05) is 48.5 Å². The first kappa shape index (κ1) is 21.6. The van der Waals surface area contributed by atoms with Crippen LogP contribution < -0.4 is 20.3 Å². The Morgan fingerprint density at radius 2 is 1.42 bits per heavy atom. The lowest BCUT2D eigenvalue weighted by Crippen LogP contribution is -2.42. The smallest absolute Gasteiger partial charge is 0.309 e. The molecule has 0 fully saturated rings. The summed E-state index contributed by atoms with van der Waals surface area (Å²) in [7, 11) is 2.98. The molecule has 1 heterocycles. The lowest BCUT2D eigenvalue weighted by atomic mass is 10.2. The Morgan fingerprint density at radius 1 is 0.788 bits per heavy atom. The first-order chi connectivity index (χ1) is 16.1. The van der Waals surface area contributed by atoms with Crippen molar-refractivity contribution in [3.8, 4) is 28.6 Å². The van der Waals surface area contributed by atoms with Crippen LogP contribution in [0.3, 0.4) is 0 Å². The van der Waals surface area contributed by atoms with Crippen LogP contribution in [0.2, 0.25) is 0 Å². The van der Waals surface area contributed by atoms with Crippen LogP contribution in [0.15, 0.2) is 78.9 Å². The molecule has 0 unspecified atom stereocenters. The molecular weight excluding hydrogens is 422 g/mol. The molecule has 0 saturated carbocycles. The van der Waals surface area contributed by atoms with Crippen molar-refractivity contribution >= 4 is 11.8 Å². The van der Waals surface area contributed by atoms with E-state index in [4.69, 9.17) is 9.47 Å². The maximum Gasteiger partial charge on any atom is 0.309 e. The number of benzene rings is 3. The van der Waals surface area contributed by atoms with Gasteiger partial charge < -0.3 is 9.47 Å². The number of carbonyl (C=O) groups is 2. The molecule has 0 radical (unpaired) electrons. The highest BCUT2D eigenvalue weighted by atomic mass is 16.5. The fourth-order valence-corrected chi connectivity index (χ4v) is 3.15. The van der Waals surface area contributed by atoms with Crippen LogP contribution in [0, 0.1) is 0 Å². The van der Waals surface area contributed by atoms with Gasteiger partial charge in [-0.3, -0.25) is 20.4 Å². The van der Waals surface area contributed by atoms with Gasteiger partial charge in [0.2, 0.25) is 5.82 Å². The summed E-state index contributed by atoms with van der Waals surface area (Å²) in [5.41, 5.74) is 6.55. The Balaban J connectivity index is 1.55. The summed E-state index contributed by atoms with van der Waals surface area (Å²) in [6.07, 6.45) is 0. The van der Waals surface area contributed by atoms with E-state index in [2.05, 4.69) is 20.9 Å². The van der Waals surface area contributed by atoms with E-state index < -0.39 is 11.8 Å². The number of methoxy groups -OCH3 is 2. The van der Waals surface area contributed by atoms with Crippen LogP contribution in [0.1, 0.15) is 21.0 Å². The predicted octanol–water partition coefficient (Wildman–Crippen LogP) is 3.03. The van der Waals surface area contributed by atoms with Crippen LogP contribution in [-0.4, -0.2) is 40.8 Å². The van der Waals surface area contributed by atoms with E-state index in [-0.39, 0.29) is 11.4 Å². The Morgan fingerprint density at radius 3 is 2.09 bits per heavy atom. The average molecular weight is 443 g/mol. The van der Waals surface area contributed by atoms with Gasteiger partial charge in [0.1, 0.15) is 0 Å². The number of nitrogens with zero attached hydrogens (tertiary/aromatic N) is 3. The molecule has 4 rings (SSSR count). The van der Waals surface area contributed by atoms with Crippen LogP contribution in [0.25, 0.3) is 17.1 Å². The quantitative estimate of drug-likeness (QED) is 0.444. The molecule has 0 aliphatic carbocycles. The molecule has 1 aromatic heterocycles. The summed E-state index contributed by atoms with van der Waals surface area (Å²) in [5, 5.41) is 4.36. The summed E-state index contributed by atoms with van der Waals surface area (Å²) >= 11 is 0. The Hall–Kier alpha value is -4.66. The van der Waals surface area contributed by atoms with Crippen molar-refractivity contribution in [2.45, 2.75) is 0 Å². The Labute approximate surface area is 190 Å². The minimum atomic E-state index is -0.657. The molecule has 4 aromatic rings. The maximum absolute atomic E-state index is 12.7. The van der Waals surface area contributed by atoms with Crippen molar-refractivity contribution in [1.82, 2.24) is 25.6 Å². The van der Waals surface area contributed by atoms with Gasteiger partial charge in [0.05, 0.1) is 19.9 Å². The van der Waals surface area contributed by atoms with Crippen molar-refractivity contribution < 1.29 is 19.1 Å². The third-order valence-corrected chi connectivity index (χ3v) is 4.78. The van der Waals surface area contributed by atoms with E-state index in [0.717, 1.165) is 11.3 Å². The number of amides is 2. The molecule has 2 amide bonds. The van der Waals surface area contributed by atoms with Crippen molar-refractivity contribution in [2.24, 2.45) is 0 Å². The molecule has 9 heteroatoms. The molecular formula is C24H21N5O4. The molecule has 2 N–H and O–H groups in total. The number of ether oxygens (including phenoxy) is 2. The lowest BCUT2D eigenvalue weighted by Gasteiger charge is -2.10. The van der Waals surface area contributed by atoms with Gasteiger partial charge >= 0.3 is 5.91 Å². The SMILES string of the molecule is COc1ccc(C(=O)NNC(=O)c2nc(-c3ccccc3)n(-c3ccccc3)n2)cc1OC. The third kappa shape index (κ3) is 4.67. The van der Waals surface area contributed by atoms with Gasteiger partial charge in [0.15, 0.2) is 17.3 Å². The van der Waals surface area contributed by atoms with E-state index in [1.54, 1.807) is 16.8 Å². The van der Waals surface area contributed by atoms with Gasteiger partial charge in [-0.15, -0.1) is 5.10 Å². The molecule has 0 aliphatic heterocycles. The summed E-state index contributed by atoms with van der Waals surface area (Å²) in [6.45, 7) is 0. The van der Waals surface area contributed by atoms with Crippen molar-refractivity contribution in [1.29, 1.82) is 0 Å². The van der Waals surface area contributed by atoms with E-state index in [0.29, 0.717) is 17.3 Å². The fourth-order valence-electron chi connectivity index (χ4n) is 3.15. The normalized spacial score (nSPS) is 10.4. The number of hydrazine groups is 1. The van der Waals surface area contributed by atoms with Gasteiger partial charge in [-0.25, -0.2) is 9.67 Å². The highest BCUT2D eigenvalue weighted by Crippen LogP contribution is 2.27. The van der Waals surface area contributed by atoms with E-state index in [1.807, 2.05) is 60.7 Å². The van der Waals surface area contributed by atoms with Crippen LogP contribution in [0.5, 0.6) is 11.5 Å². The topological polar surface area (TPSA) is 107 Å². The summed E-state index contributed by atoms with van der Waals surface area (Å²) in [5.74, 6) is 0.101. The predicted molar refractivity (Wildman–Crippen MR) is 121 cm³/mol.